The Bertz CT molecular complexity index is 669. The smallest absolute Gasteiger partial charge is 0.0667 e. The summed E-state index contributed by atoms with van der Waals surface area (Å²) in [5.74, 6) is 0. The molecule has 2 atom stereocenters. The molecule has 0 aromatic heterocycles. The maximum Gasteiger partial charge on any atom is 0.0667 e. The van der Waals surface area contributed by atoms with Crippen LogP contribution >= 0.6 is 0 Å². The van der Waals surface area contributed by atoms with Crippen molar-refractivity contribution in [3.8, 4) is 0 Å². The third-order valence-electron chi connectivity index (χ3n) is 12.5. The Kier molecular flexibility index (Phi) is 48.2. The maximum atomic E-state index is 10.7. The average Bonchev–Trinajstić information content (AvgIpc) is 3.21. The van der Waals surface area contributed by atoms with E-state index in [1.807, 2.05) is 0 Å². The van der Waals surface area contributed by atoms with Gasteiger partial charge in [0.05, 0.1) is 12.2 Å². The van der Waals surface area contributed by atoms with Crippen LogP contribution in [0.2, 0.25) is 0 Å². The number of hydrogen-bond acceptors (Lipinski definition) is 6. The van der Waals surface area contributed by atoms with Gasteiger partial charge in [0.1, 0.15) is 0 Å². The van der Waals surface area contributed by atoms with Gasteiger partial charge in [-0.25, -0.2) is 0 Å². The Morgan fingerprint density at radius 2 is 0.509 bits per heavy atom. The Morgan fingerprint density at radius 1 is 0.298 bits per heavy atom. The summed E-state index contributed by atoms with van der Waals surface area (Å²) in [6, 6.07) is 0. The van der Waals surface area contributed by atoms with Gasteiger partial charge in [0.2, 0.25) is 0 Å². The highest BCUT2D eigenvalue weighted by atomic mass is 16.3. The molecule has 0 aromatic carbocycles. The molecule has 344 valence electrons. The molecule has 0 heterocycles. The fourth-order valence-electron chi connectivity index (χ4n) is 8.70. The van der Waals surface area contributed by atoms with Crippen molar-refractivity contribution in [2.45, 2.75) is 276 Å². The summed E-state index contributed by atoms with van der Waals surface area (Å²) < 4.78 is 0. The summed E-state index contributed by atoms with van der Waals surface area (Å²) in [5, 5.41) is 21.5. The molecule has 0 bridgehead atoms. The van der Waals surface area contributed by atoms with Crippen LogP contribution in [0.1, 0.15) is 264 Å². The molecule has 0 saturated carbocycles. The summed E-state index contributed by atoms with van der Waals surface area (Å²) in [6.07, 6.45) is 51.0. The average molecular weight is 809 g/mol. The normalized spacial score (nSPS) is 13.1. The number of hydrogen-bond donors (Lipinski definition) is 4. The highest BCUT2D eigenvalue weighted by Crippen LogP contribution is 2.17. The van der Waals surface area contributed by atoms with Crippen molar-refractivity contribution in [1.82, 2.24) is 9.80 Å². The van der Waals surface area contributed by atoms with Crippen molar-refractivity contribution in [2.75, 3.05) is 52.4 Å². The van der Waals surface area contributed by atoms with Gasteiger partial charge in [-0.1, -0.05) is 226 Å². The van der Waals surface area contributed by atoms with Crippen molar-refractivity contribution in [3.05, 3.63) is 0 Å². The van der Waals surface area contributed by atoms with E-state index in [1.54, 1.807) is 0 Å². The van der Waals surface area contributed by atoms with Crippen molar-refractivity contribution < 1.29 is 10.2 Å². The number of nitrogens with two attached hydrogens (primary N) is 2. The lowest BCUT2D eigenvalue weighted by Gasteiger charge is -2.25. The van der Waals surface area contributed by atoms with Crippen LogP contribution < -0.4 is 11.5 Å². The lowest BCUT2D eigenvalue weighted by molar-refractivity contribution is 0.101. The molecular formula is C51H108N4O2. The molecule has 57 heavy (non-hydrogen) atoms. The van der Waals surface area contributed by atoms with Gasteiger partial charge in [-0.2, -0.15) is 0 Å². The Labute approximate surface area is 359 Å². The van der Waals surface area contributed by atoms with Gasteiger partial charge >= 0.3 is 0 Å². The van der Waals surface area contributed by atoms with Gasteiger partial charge in [-0.3, -0.25) is 0 Å². The first-order valence-corrected chi connectivity index (χ1v) is 26.3. The molecule has 6 N–H and O–H groups in total. The van der Waals surface area contributed by atoms with E-state index < -0.39 is 0 Å². The quantitative estimate of drug-likeness (QED) is 0.0457. The molecule has 0 aliphatic carbocycles. The van der Waals surface area contributed by atoms with E-state index in [2.05, 4.69) is 23.6 Å². The summed E-state index contributed by atoms with van der Waals surface area (Å²) in [6.45, 7) is 12.0. The minimum absolute atomic E-state index is 0.187. The zero-order valence-electron chi connectivity index (χ0n) is 39.3. The van der Waals surface area contributed by atoms with Crippen LogP contribution in [-0.2, 0) is 0 Å². The zero-order valence-corrected chi connectivity index (χ0v) is 39.3. The fraction of sp³-hybridized carbons (Fsp3) is 1.00. The van der Waals surface area contributed by atoms with Crippen molar-refractivity contribution in [3.63, 3.8) is 0 Å². The topological polar surface area (TPSA) is 99.0 Å². The molecule has 0 radical (unpaired) electrons. The predicted molar refractivity (Wildman–Crippen MR) is 254 cm³/mol. The van der Waals surface area contributed by atoms with Crippen LogP contribution in [0, 0.1) is 0 Å². The Hall–Kier alpha value is -0.240. The summed E-state index contributed by atoms with van der Waals surface area (Å²) >= 11 is 0. The summed E-state index contributed by atoms with van der Waals surface area (Å²) in [4.78, 5) is 4.97. The van der Waals surface area contributed by atoms with E-state index in [9.17, 15) is 10.2 Å². The Balaban J connectivity index is 3.80. The van der Waals surface area contributed by atoms with E-state index in [-0.39, 0.29) is 12.2 Å². The van der Waals surface area contributed by atoms with Gasteiger partial charge in [-0.15, -0.1) is 0 Å². The Morgan fingerprint density at radius 3 is 0.754 bits per heavy atom. The van der Waals surface area contributed by atoms with Crippen molar-refractivity contribution >= 4 is 0 Å². The number of aliphatic hydroxyl groups is 2. The molecule has 0 aliphatic rings. The standard InChI is InChI=1S/C51H108N4O2/c1-3-5-7-9-11-13-15-18-22-26-30-34-40-50(56)48-54(46-38-42-52)44-36-32-28-24-20-17-21-25-29-33-37-45-55(47-39-43-53)49-51(57)41-35-31-27-23-19-16-14-12-10-8-6-4-2/h50-51,56-57H,3-49,52-53H2,1-2H3. The van der Waals surface area contributed by atoms with Crippen molar-refractivity contribution in [1.29, 1.82) is 0 Å². The summed E-state index contributed by atoms with van der Waals surface area (Å²) in [5.41, 5.74) is 11.7. The SMILES string of the molecule is CCCCCCCCCCCCCCC(O)CN(CCCN)CCCCCCCCCCCCCN(CCCN)CC(O)CCCCCCCCCCCCCC. The van der Waals surface area contributed by atoms with Gasteiger partial charge in [-0.05, 0) is 77.8 Å². The number of aliphatic hydroxyl groups excluding tert-OH is 2. The van der Waals surface area contributed by atoms with Crippen LogP contribution in [0.3, 0.4) is 0 Å². The highest BCUT2D eigenvalue weighted by molar-refractivity contribution is 4.68. The maximum absolute atomic E-state index is 10.7. The highest BCUT2D eigenvalue weighted by Gasteiger charge is 2.13. The third-order valence-corrected chi connectivity index (χ3v) is 12.5. The molecule has 6 heteroatoms. The summed E-state index contributed by atoms with van der Waals surface area (Å²) in [7, 11) is 0. The predicted octanol–water partition coefficient (Wildman–Crippen LogP) is 13.5. The first-order chi connectivity index (χ1) is 28.1. The second-order valence-electron chi connectivity index (χ2n) is 18.4. The van der Waals surface area contributed by atoms with Crippen LogP contribution in [-0.4, -0.2) is 84.6 Å². The number of nitrogens with zero attached hydrogens (tertiary/aromatic N) is 2. The lowest BCUT2D eigenvalue weighted by Crippen LogP contribution is -2.35. The van der Waals surface area contributed by atoms with Crippen LogP contribution in [0.5, 0.6) is 0 Å². The van der Waals surface area contributed by atoms with Crippen LogP contribution in [0.15, 0.2) is 0 Å². The van der Waals surface area contributed by atoms with Gasteiger partial charge in [0.25, 0.3) is 0 Å². The van der Waals surface area contributed by atoms with E-state index in [4.69, 9.17) is 11.5 Å². The van der Waals surface area contributed by atoms with Crippen molar-refractivity contribution in [2.24, 2.45) is 11.5 Å². The molecule has 0 fully saturated rings. The minimum Gasteiger partial charge on any atom is -0.392 e. The third kappa shape index (κ3) is 45.1. The van der Waals surface area contributed by atoms with E-state index >= 15 is 0 Å². The van der Waals surface area contributed by atoms with E-state index in [0.717, 1.165) is 78.0 Å². The van der Waals surface area contributed by atoms with E-state index in [0.29, 0.717) is 0 Å². The molecule has 6 nitrogen and oxygen atoms in total. The number of unbranched alkanes of at least 4 members (excludes halogenated alkanes) is 32. The fourth-order valence-corrected chi connectivity index (χ4v) is 8.70. The van der Waals surface area contributed by atoms with Gasteiger partial charge in [0, 0.05) is 13.1 Å². The molecule has 0 rings (SSSR count). The second kappa shape index (κ2) is 48.4. The molecule has 0 amide bonds. The lowest BCUT2D eigenvalue weighted by atomic mass is 10.0. The molecular weight excluding hydrogens is 701 g/mol. The number of rotatable bonds is 50. The minimum atomic E-state index is -0.187. The molecule has 0 aromatic rings. The molecule has 0 spiro atoms. The first kappa shape index (κ1) is 56.8. The van der Waals surface area contributed by atoms with Crippen LogP contribution in [0.4, 0.5) is 0 Å². The van der Waals surface area contributed by atoms with Gasteiger partial charge < -0.3 is 31.5 Å². The van der Waals surface area contributed by atoms with Crippen LogP contribution in [0.25, 0.3) is 0 Å². The molecule has 0 saturated heterocycles. The second-order valence-corrected chi connectivity index (χ2v) is 18.4. The largest absolute Gasteiger partial charge is 0.392 e. The zero-order chi connectivity index (χ0) is 41.5. The molecule has 2 unspecified atom stereocenters. The van der Waals surface area contributed by atoms with E-state index in [1.165, 1.54) is 225 Å². The first-order valence-electron chi connectivity index (χ1n) is 26.3. The van der Waals surface area contributed by atoms with Gasteiger partial charge in [0.15, 0.2) is 0 Å². The molecule has 0 aliphatic heterocycles. The monoisotopic (exact) mass is 809 g/mol.